The fourth-order valence-corrected chi connectivity index (χ4v) is 3.12. The number of likely N-dealkylation sites (tertiary alicyclic amines) is 1. The van der Waals surface area contributed by atoms with Gasteiger partial charge in [-0.2, -0.15) is 0 Å². The highest BCUT2D eigenvalue weighted by Gasteiger charge is 2.25. The van der Waals surface area contributed by atoms with E-state index in [-0.39, 0.29) is 5.91 Å². The summed E-state index contributed by atoms with van der Waals surface area (Å²) < 4.78 is 1.97. The monoisotopic (exact) mass is 297 g/mol. The van der Waals surface area contributed by atoms with Gasteiger partial charge in [0, 0.05) is 25.8 Å². The molecular weight excluding hydrogens is 274 g/mol. The fraction of sp³-hybridized carbons (Fsp3) is 0.667. The van der Waals surface area contributed by atoms with E-state index >= 15 is 0 Å². The molecule has 0 bridgehead atoms. The lowest BCUT2D eigenvalue weighted by atomic mass is 9.93. The van der Waals surface area contributed by atoms with Crippen molar-refractivity contribution in [3.05, 3.63) is 23.0 Å². The van der Waals surface area contributed by atoms with E-state index in [1.54, 1.807) is 6.07 Å². The Bertz CT molecular complexity index is 450. The summed E-state index contributed by atoms with van der Waals surface area (Å²) in [5.74, 6) is 0.784. The topological polar surface area (TPSA) is 51.3 Å². The first-order valence-electron chi connectivity index (χ1n) is 7.50. The van der Waals surface area contributed by atoms with Gasteiger partial charge in [0.05, 0.1) is 5.02 Å². The molecule has 1 amide bonds. The summed E-state index contributed by atoms with van der Waals surface area (Å²) in [6.07, 6.45) is 6.03. The standard InChI is InChI=1S/C15H24ClN3O/c1-2-7-19-11-13(16)10-14(19)15(20)18-8-4-12(3-6-17)5-9-18/h10-12H,2-9,17H2,1H3. The van der Waals surface area contributed by atoms with Crippen LogP contribution in [0.3, 0.4) is 0 Å². The molecule has 0 atom stereocenters. The number of halogens is 1. The lowest BCUT2D eigenvalue weighted by Gasteiger charge is -2.32. The first-order valence-corrected chi connectivity index (χ1v) is 7.88. The van der Waals surface area contributed by atoms with Gasteiger partial charge in [0.15, 0.2) is 0 Å². The zero-order chi connectivity index (χ0) is 14.5. The Hall–Kier alpha value is -1.00. The van der Waals surface area contributed by atoms with Crippen LogP contribution in [0.15, 0.2) is 12.3 Å². The summed E-state index contributed by atoms with van der Waals surface area (Å²) in [6, 6.07) is 1.78. The minimum Gasteiger partial charge on any atom is -0.342 e. The molecule has 1 aliphatic heterocycles. The molecule has 0 unspecified atom stereocenters. The second kappa shape index (κ2) is 7.14. The maximum Gasteiger partial charge on any atom is 0.270 e. The van der Waals surface area contributed by atoms with E-state index in [1.807, 2.05) is 15.7 Å². The molecule has 112 valence electrons. The number of nitrogens with zero attached hydrogens (tertiary/aromatic N) is 2. The minimum absolute atomic E-state index is 0.108. The van der Waals surface area contributed by atoms with Crippen LogP contribution in [0.5, 0.6) is 0 Å². The van der Waals surface area contributed by atoms with Gasteiger partial charge in [-0.05, 0) is 44.2 Å². The first-order chi connectivity index (χ1) is 9.65. The number of nitrogens with two attached hydrogens (primary N) is 1. The van der Waals surface area contributed by atoms with E-state index in [0.717, 1.165) is 51.9 Å². The highest BCUT2D eigenvalue weighted by molar-refractivity contribution is 6.31. The summed E-state index contributed by atoms with van der Waals surface area (Å²) in [5.41, 5.74) is 6.32. The highest BCUT2D eigenvalue weighted by Crippen LogP contribution is 2.23. The number of piperidine rings is 1. The van der Waals surface area contributed by atoms with Crippen LogP contribution in [0.4, 0.5) is 0 Å². The number of rotatable bonds is 5. The molecule has 0 radical (unpaired) electrons. The molecule has 5 heteroatoms. The number of hydrogen-bond acceptors (Lipinski definition) is 2. The molecule has 4 nitrogen and oxygen atoms in total. The average Bonchev–Trinajstić information content (AvgIpc) is 2.81. The van der Waals surface area contributed by atoms with Crippen LogP contribution in [0.2, 0.25) is 5.02 Å². The number of aryl methyl sites for hydroxylation is 1. The van der Waals surface area contributed by atoms with E-state index in [9.17, 15) is 4.79 Å². The Kier molecular flexibility index (Phi) is 5.49. The third kappa shape index (κ3) is 3.55. The normalized spacial score (nSPS) is 16.6. The van der Waals surface area contributed by atoms with Crippen molar-refractivity contribution >= 4 is 17.5 Å². The SMILES string of the molecule is CCCn1cc(Cl)cc1C(=O)N1CCC(CCN)CC1. The van der Waals surface area contributed by atoms with Crippen LogP contribution in [0.1, 0.15) is 43.1 Å². The molecule has 2 rings (SSSR count). The maximum absolute atomic E-state index is 12.6. The van der Waals surface area contributed by atoms with E-state index in [1.165, 1.54) is 0 Å². The lowest BCUT2D eigenvalue weighted by Crippen LogP contribution is -2.39. The average molecular weight is 298 g/mol. The van der Waals surface area contributed by atoms with Crippen molar-refractivity contribution in [2.75, 3.05) is 19.6 Å². The van der Waals surface area contributed by atoms with E-state index < -0.39 is 0 Å². The number of carbonyl (C=O) groups is 1. The van der Waals surface area contributed by atoms with Crippen LogP contribution in [-0.2, 0) is 6.54 Å². The molecule has 1 aliphatic rings. The lowest BCUT2D eigenvalue weighted by molar-refractivity contribution is 0.0677. The molecule has 2 N–H and O–H groups in total. The summed E-state index contributed by atoms with van der Waals surface area (Å²) in [6.45, 7) is 5.34. The molecule has 0 aliphatic carbocycles. The predicted molar refractivity (Wildman–Crippen MR) is 82.0 cm³/mol. The number of hydrogen-bond donors (Lipinski definition) is 1. The van der Waals surface area contributed by atoms with Gasteiger partial charge in [-0.1, -0.05) is 18.5 Å². The number of aromatic nitrogens is 1. The molecular formula is C15H24ClN3O. The molecule has 1 fully saturated rings. The Balaban J connectivity index is 2.01. The van der Waals surface area contributed by atoms with Crippen LogP contribution in [0.25, 0.3) is 0 Å². The molecule has 20 heavy (non-hydrogen) atoms. The number of carbonyl (C=O) groups excluding carboxylic acids is 1. The van der Waals surface area contributed by atoms with Crippen LogP contribution >= 0.6 is 11.6 Å². The first kappa shape index (κ1) is 15.4. The van der Waals surface area contributed by atoms with Gasteiger partial charge in [0.2, 0.25) is 0 Å². The van der Waals surface area contributed by atoms with Gasteiger partial charge < -0.3 is 15.2 Å². The van der Waals surface area contributed by atoms with Crippen molar-refractivity contribution in [1.82, 2.24) is 9.47 Å². The molecule has 0 saturated carbocycles. The van der Waals surface area contributed by atoms with Gasteiger partial charge in [0.25, 0.3) is 5.91 Å². The second-order valence-corrected chi connectivity index (χ2v) is 5.99. The van der Waals surface area contributed by atoms with Crippen molar-refractivity contribution in [3.63, 3.8) is 0 Å². The van der Waals surface area contributed by atoms with Gasteiger partial charge in [0.1, 0.15) is 5.69 Å². The quantitative estimate of drug-likeness (QED) is 0.908. The molecule has 0 spiro atoms. The largest absolute Gasteiger partial charge is 0.342 e. The van der Waals surface area contributed by atoms with Crippen molar-refractivity contribution < 1.29 is 4.79 Å². The van der Waals surface area contributed by atoms with E-state index in [2.05, 4.69) is 6.92 Å². The molecule has 0 aromatic carbocycles. The Morgan fingerprint density at radius 1 is 1.45 bits per heavy atom. The summed E-state index contributed by atoms with van der Waals surface area (Å²) in [7, 11) is 0. The molecule has 1 aromatic heterocycles. The van der Waals surface area contributed by atoms with Gasteiger partial charge >= 0.3 is 0 Å². The zero-order valence-corrected chi connectivity index (χ0v) is 12.9. The zero-order valence-electron chi connectivity index (χ0n) is 12.1. The third-order valence-corrected chi connectivity index (χ3v) is 4.23. The third-order valence-electron chi connectivity index (χ3n) is 4.02. The second-order valence-electron chi connectivity index (χ2n) is 5.55. The summed E-state index contributed by atoms with van der Waals surface area (Å²) >= 11 is 6.04. The Morgan fingerprint density at radius 3 is 2.75 bits per heavy atom. The number of amides is 1. The smallest absolute Gasteiger partial charge is 0.270 e. The Morgan fingerprint density at radius 2 is 2.15 bits per heavy atom. The van der Waals surface area contributed by atoms with Gasteiger partial charge in [-0.15, -0.1) is 0 Å². The van der Waals surface area contributed by atoms with Crippen molar-refractivity contribution in [1.29, 1.82) is 0 Å². The van der Waals surface area contributed by atoms with E-state index in [4.69, 9.17) is 17.3 Å². The predicted octanol–water partition coefficient (Wildman–Crippen LogP) is 2.75. The minimum atomic E-state index is 0.108. The van der Waals surface area contributed by atoms with Crippen LogP contribution in [0, 0.1) is 5.92 Å². The van der Waals surface area contributed by atoms with Crippen LogP contribution in [-0.4, -0.2) is 35.0 Å². The van der Waals surface area contributed by atoms with Crippen molar-refractivity contribution in [2.45, 2.75) is 39.2 Å². The fourth-order valence-electron chi connectivity index (χ4n) is 2.90. The summed E-state index contributed by atoms with van der Waals surface area (Å²) in [5, 5.41) is 0.639. The molecule has 1 saturated heterocycles. The molecule has 2 heterocycles. The Labute approximate surface area is 125 Å². The summed E-state index contributed by atoms with van der Waals surface area (Å²) in [4.78, 5) is 14.5. The molecule has 1 aromatic rings. The van der Waals surface area contributed by atoms with Crippen LogP contribution < -0.4 is 5.73 Å². The van der Waals surface area contributed by atoms with E-state index in [0.29, 0.717) is 16.6 Å². The van der Waals surface area contributed by atoms with Crippen molar-refractivity contribution in [3.8, 4) is 0 Å². The van der Waals surface area contributed by atoms with Gasteiger partial charge in [-0.25, -0.2) is 0 Å². The van der Waals surface area contributed by atoms with Crippen molar-refractivity contribution in [2.24, 2.45) is 11.7 Å². The maximum atomic E-state index is 12.6. The van der Waals surface area contributed by atoms with Gasteiger partial charge in [-0.3, -0.25) is 4.79 Å². The highest BCUT2D eigenvalue weighted by atomic mass is 35.5.